The number of anilines is 1. The Morgan fingerprint density at radius 1 is 1.04 bits per heavy atom. The van der Waals surface area contributed by atoms with E-state index in [-0.39, 0.29) is 25.7 Å². The van der Waals surface area contributed by atoms with Crippen molar-refractivity contribution in [2.75, 3.05) is 11.9 Å². The summed E-state index contributed by atoms with van der Waals surface area (Å²) in [4.78, 5) is 11.6. The van der Waals surface area contributed by atoms with Crippen LogP contribution in [0.2, 0.25) is 15.1 Å². The van der Waals surface area contributed by atoms with Gasteiger partial charge in [0.15, 0.2) is 0 Å². The van der Waals surface area contributed by atoms with E-state index in [1.165, 1.54) is 30.3 Å². The quantitative estimate of drug-likeness (QED) is 0.788. The van der Waals surface area contributed by atoms with Crippen LogP contribution in [0.1, 0.15) is 0 Å². The topological polar surface area (TPSA) is 75.3 Å². The van der Waals surface area contributed by atoms with Crippen molar-refractivity contribution in [2.24, 2.45) is 0 Å². The molecular weight excluding hydrogens is 402 g/mol. The van der Waals surface area contributed by atoms with E-state index < -0.39 is 28.3 Å². The number of rotatable bonds is 5. The first-order chi connectivity index (χ1) is 11.2. The molecule has 0 radical (unpaired) electrons. The fraction of sp³-hybridized carbons (Fsp3) is 0.0714. The minimum absolute atomic E-state index is 0.0300. The van der Waals surface area contributed by atoms with E-state index in [1.807, 2.05) is 0 Å². The summed E-state index contributed by atoms with van der Waals surface area (Å²) in [5.74, 6) is -1.30. The van der Waals surface area contributed by atoms with Gasteiger partial charge in [0.2, 0.25) is 15.9 Å². The lowest BCUT2D eigenvalue weighted by molar-refractivity contribution is -0.115. The average molecular weight is 412 g/mol. The molecule has 0 aliphatic carbocycles. The molecule has 0 heterocycles. The van der Waals surface area contributed by atoms with E-state index >= 15 is 0 Å². The number of carbonyl (C=O) groups excluding carboxylic acids is 1. The van der Waals surface area contributed by atoms with E-state index in [0.29, 0.717) is 0 Å². The van der Waals surface area contributed by atoms with Crippen LogP contribution in [0.3, 0.4) is 0 Å². The van der Waals surface area contributed by atoms with Gasteiger partial charge in [0.25, 0.3) is 0 Å². The first kappa shape index (κ1) is 19.0. The lowest BCUT2D eigenvalue weighted by Gasteiger charge is -2.09. The Morgan fingerprint density at radius 3 is 2.42 bits per heavy atom. The van der Waals surface area contributed by atoms with E-state index in [9.17, 15) is 17.6 Å². The molecule has 2 N–H and O–H groups in total. The van der Waals surface area contributed by atoms with Crippen molar-refractivity contribution < 1.29 is 17.6 Å². The van der Waals surface area contributed by atoms with Crippen LogP contribution in [-0.2, 0) is 14.8 Å². The lowest BCUT2D eigenvalue weighted by atomic mass is 10.3. The molecule has 0 bridgehead atoms. The maximum Gasteiger partial charge on any atom is 0.242 e. The number of amides is 1. The molecule has 2 aromatic carbocycles. The maximum atomic E-state index is 13.0. The molecule has 1 amide bonds. The molecule has 0 aliphatic heterocycles. The fourth-order valence-corrected chi connectivity index (χ4v) is 3.62. The molecule has 24 heavy (non-hydrogen) atoms. The summed E-state index contributed by atoms with van der Waals surface area (Å²) in [5.41, 5.74) is 0.228. The Labute approximate surface area is 152 Å². The molecule has 5 nitrogen and oxygen atoms in total. The molecule has 0 aliphatic rings. The number of sulfonamides is 1. The molecule has 10 heteroatoms. The highest BCUT2D eigenvalue weighted by Gasteiger charge is 2.19. The van der Waals surface area contributed by atoms with Gasteiger partial charge >= 0.3 is 0 Å². The second kappa shape index (κ2) is 7.67. The first-order valence-corrected chi connectivity index (χ1v) is 9.00. The van der Waals surface area contributed by atoms with Gasteiger partial charge in [0, 0.05) is 10.7 Å². The molecule has 128 valence electrons. The summed E-state index contributed by atoms with van der Waals surface area (Å²) < 4.78 is 39.5. The van der Waals surface area contributed by atoms with Crippen LogP contribution in [0.5, 0.6) is 0 Å². The Morgan fingerprint density at radius 2 is 1.75 bits per heavy atom. The molecule has 0 fully saturated rings. The normalized spacial score (nSPS) is 11.3. The van der Waals surface area contributed by atoms with Crippen LogP contribution < -0.4 is 10.0 Å². The first-order valence-electron chi connectivity index (χ1n) is 6.38. The van der Waals surface area contributed by atoms with Crippen LogP contribution in [-0.4, -0.2) is 20.9 Å². The van der Waals surface area contributed by atoms with Crippen molar-refractivity contribution in [3.8, 4) is 0 Å². The van der Waals surface area contributed by atoms with Crippen LogP contribution in [0.15, 0.2) is 41.3 Å². The average Bonchev–Trinajstić information content (AvgIpc) is 2.51. The highest BCUT2D eigenvalue weighted by molar-refractivity contribution is 7.89. The minimum atomic E-state index is -4.03. The van der Waals surface area contributed by atoms with Gasteiger partial charge < -0.3 is 5.32 Å². The molecular formula is C14H10Cl3FN2O3S. The third-order valence-corrected chi connectivity index (χ3v) is 5.22. The van der Waals surface area contributed by atoms with Crippen molar-refractivity contribution in [3.63, 3.8) is 0 Å². The minimum Gasteiger partial charge on any atom is -0.325 e. The fourth-order valence-electron chi connectivity index (χ4n) is 1.70. The van der Waals surface area contributed by atoms with E-state index in [4.69, 9.17) is 34.8 Å². The molecule has 0 unspecified atom stereocenters. The van der Waals surface area contributed by atoms with Crippen molar-refractivity contribution >= 4 is 56.4 Å². The number of hydrogen-bond acceptors (Lipinski definition) is 3. The zero-order chi connectivity index (χ0) is 17.9. The van der Waals surface area contributed by atoms with Gasteiger partial charge in [0.1, 0.15) is 10.7 Å². The summed E-state index contributed by atoms with van der Waals surface area (Å²) in [6.45, 7) is -0.555. The molecule has 2 rings (SSSR count). The summed E-state index contributed by atoms with van der Waals surface area (Å²) in [5, 5.41) is 2.37. The third kappa shape index (κ3) is 4.81. The van der Waals surface area contributed by atoms with E-state index in [0.717, 1.165) is 6.07 Å². The van der Waals surface area contributed by atoms with Gasteiger partial charge in [-0.25, -0.2) is 17.5 Å². The van der Waals surface area contributed by atoms with Crippen molar-refractivity contribution in [3.05, 3.63) is 57.3 Å². The monoisotopic (exact) mass is 410 g/mol. The van der Waals surface area contributed by atoms with Gasteiger partial charge in [-0.15, -0.1) is 0 Å². The SMILES string of the molecule is O=C(CNS(=O)(=O)c1cc(Cl)ccc1Cl)Nc1ccc(F)c(Cl)c1. The standard InChI is InChI=1S/C14H10Cl3FN2O3S/c15-8-1-3-10(16)13(5-8)24(22,23)19-7-14(21)20-9-2-4-12(18)11(17)6-9/h1-6,19H,7H2,(H,20,21). The zero-order valence-corrected chi connectivity index (χ0v) is 14.9. The third-order valence-electron chi connectivity index (χ3n) is 2.81. The molecule has 0 saturated heterocycles. The maximum absolute atomic E-state index is 13.0. The zero-order valence-electron chi connectivity index (χ0n) is 11.8. The van der Waals surface area contributed by atoms with Crippen molar-refractivity contribution in [1.82, 2.24) is 4.72 Å². The van der Waals surface area contributed by atoms with Gasteiger partial charge in [-0.2, -0.15) is 0 Å². The van der Waals surface area contributed by atoms with Gasteiger partial charge in [-0.1, -0.05) is 34.8 Å². The van der Waals surface area contributed by atoms with Crippen molar-refractivity contribution in [2.45, 2.75) is 4.90 Å². The largest absolute Gasteiger partial charge is 0.325 e. The Hall–Kier alpha value is -1.38. The molecule has 0 spiro atoms. The summed E-state index contributed by atoms with van der Waals surface area (Å²) in [6, 6.07) is 7.52. The molecule has 0 aromatic heterocycles. The lowest BCUT2D eigenvalue weighted by Crippen LogP contribution is -2.33. The van der Waals surface area contributed by atoms with Gasteiger partial charge in [0.05, 0.1) is 16.6 Å². The molecule has 0 saturated carbocycles. The second-order valence-corrected chi connectivity index (χ2v) is 7.56. The van der Waals surface area contributed by atoms with Crippen LogP contribution in [0.25, 0.3) is 0 Å². The number of hydrogen-bond donors (Lipinski definition) is 2. The van der Waals surface area contributed by atoms with Crippen LogP contribution in [0.4, 0.5) is 10.1 Å². The molecule has 0 atom stereocenters. The summed E-state index contributed by atoms with van der Waals surface area (Å²) in [6.07, 6.45) is 0. The number of nitrogens with one attached hydrogen (secondary N) is 2. The van der Waals surface area contributed by atoms with E-state index in [2.05, 4.69) is 10.0 Å². The van der Waals surface area contributed by atoms with Crippen molar-refractivity contribution in [1.29, 1.82) is 0 Å². The second-order valence-electron chi connectivity index (χ2n) is 4.58. The Kier molecular flexibility index (Phi) is 6.06. The summed E-state index contributed by atoms with van der Waals surface area (Å²) >= 11 is 17.2. The Balaban J connectivity index is 2.05. The number of carbonyl (C=O) groups is 1. The van der Waals surface area contributed by atoms with E-state index in [1.54, 1.807) is 0 Å². The van der Waals surface area contributed by atoms with Crippen LogP contribution in [0, 0.1) is 5.82 Å². The predicted molar refractivity (Wildman–Crippen MR) is 91.7 cm³/mol. The van der Waals surface area contributed by atoms with Gasteiger partial charge in [-0.3, -0.25) is 4.79 Å². The number of halogens is 4. The van der Waals surface area contributed by atoms with Crippen LogP contribution >= 0.6 is 34.8 Å². The Bertz CT molecular complexity index is 891. The predicted octanol–water partition coefficient (Wildman–Crippen LogP) is 3.70. The number of benzene rings is 2. The highest BCUT2D eigenvalue weighted by atomic mass is 35.5. The molecule has 2 aromatic rings. The van der Waals surface area contributed by atoms with Gasteiger partial charge in [-0.05, 0) is 36.4 Å². The summed E-state index contributed by atoms with van der Waals surface area (Å²) in [7, 11) is -4.03. The smallest absolute Gasteiger partial charge is 0.242 e. The highest BCUT2D eigenvalue weighted by Crippen LogP contribution is 2.24.